The Hall–Kier alpha value is -2.68. The first kappa shape index (κ1) is 19.6. The second-order valence-corrected chi connectivity index (χ2v) is 6.26. The number of hydrogen-bond donors (Lipinski definition) is 2. The van der Waals surface area contributed by atoms with E-state index in [0.717, 1.165) is 9.13 Å². The summed E-state index contributed by atoms with van der Waals surface area (Å²) in [6.07, 6.45) is 3.13. The van der Waals surface area contributed by atoms with Crippen molar-refractivity contribution in [3.63, 3.8) is 0 Å². The van der Waals surface area contributed by atoms with E-state index < -0.39 is 5.91 Å². The number of rotatable bonds is 8. The molecule has 0 aromatic heterocycles. The highest BCUT2D eigenvalue weighted by molar-refractivity contribution is 14.1. The molecule has 2 amide bonds. The lowest BCUT2D eigenvalue weighted by Gasteiger charge is -2.07. The third-order valence-electron chi connectivity index (χ3n) is 3.20. The van der Waals surface area contributed by atoms with Crippen LogP contribution in [-0.4, -0.2) is 31.2 Å². The number of nitrogens with zero attached hydrogens (tertiary/aromatic N) is 1. The highest BCUT2D eigenvalue weighted by Gasteiger charge is 2.10. The molecule has 0 spiro atoms. The van der Waals surface area contributed by atoms with Gasteiger partial charge in [0.25, 0.3) is 11.8 Å². The lowest BCUT2D eigenvalue weighted by Crippen LogP contribution is -2.35. The van der Waals surface area contributed by atoms with Crippen LogP contribution in [0.5, 0.6) is 5.75 Å². The predicted molar refractivity (Wildman–Crippen MR) is 109 cm³/mol. The summed E-state index contributed by atoms with van der Waals surface area (Å²) >= 11 is 2.07. The summed E-state index contributed by atoms with van der Waals surface area (Å²) < 4.78 is 6.32. The molecule has 0 fully saturated rings. The summed E-state index contributed by atoms with van der Waals surface area (Å²) in [6.45, 7) is 3.81. The Labute approximate surface area is 165 Å². The number of benzene rings is 2. The molecule has 0 unspecified atom stereocenters. The van der Waals surface area contributed by atoms with Crippen LogP contribution < -0.4 is 15.5 Å². The molecule has 0 heterocycles. The maximum Gasteiger partial charge on any atom is 0.259 e. The first-order valence-electron chi connectivity index (χ1n) is 7.79. The minimum absolute atomic E-state index is 0.171. The van der Waals surface area contributed by atoms with Crippen molar-refractivity contribution >= 4 is 40.6 Å². The molecule has 2 aromatic rings. The molecule has 0 aliphatic heterocycles. The summed E-state index contributed by atoms with van der Waals surface area (Å²) in [4.78, 5) is 23.9. The van der Waals surface area contributed by atoms with Crippen molar-refractivity contribution in [2.45, 2.75) is 0 Å². The molecule has 0 bridgehead atoms. The van der Waals surface area contributed by atoms with Gasteiger partial charge < -0.3 is 10.1 Å². The van der Waals surface area contributed by atoms with Gasteiger partial charge in [-0.1, -0.05) is 36.9 Å². The number of amides is 2. The fourth-order valence-electron chi connectivity index (χ4n) is 1.98. The Kier molecular flexibility index (Phi) is 7.81. The number of para-hydroxylation sites is 1. The standard InChI is InChI=1S/C19H18IN3O3/c1-2-11-26-17-10-6-3-7-14(17)12-22-23-18(24)13-21-19(25)15-8-4-5-9-16(15)20/h2-10,12H,1,11,13H2,(H,21,25)(H,23,24)/b22-12-. The van der Waals surface area contributed by atoms with E-state index in [-0.39, 0.29) is 12.5 Å². The van der Waals surface area contributed by atoms with Gasteiger partial charge in [0.15, 0.2) is 0 Å². The molecule has 7 heteroatoms. The molecule has 0 radical (unpaired) electrons. The van der Waals surface area contributed by atoms with Crippen LogP contribution in [0.25, 0.3) is 0 Å². The fourth-order valence-corrected chi connectivity index (χ4v) is 2.61. The van der Waals surface area contributed by atoms with E-state index in [4.69, 9.17) is 4.74 Å². The van der Waals surface area contributed by atoms with Gasteiger partial charge in [-0.05, 0) is 46.9 Å². The van der Waals surface area contributed by atoms with E-state index in [1.165, 1.54) is 6.21 Å². The average molecular weight is 463 g/mol. The molecule has 26 heavy (non-hydrogen) atoms. The van der Waals surface area contributed by atoms with Crippen molar-refractivity contribution in [3.8, 4) is 5.75 Å². The highest BCUT2D eigenvalue weighted by atomic mass is 127. The second-order valence-electron chi connectivity index (χ2n) is 5.09. The van der Waals surface area contributed by atoms with Crippen LogP contribution in [0.1, 0.15) is 15.9 Å². The van der Waals surface area contributed by atoms with Gasteiger partial charge in [-0.15, -0.1) is 0 Å². The Bertz CT molecular complexity index is 821. The van der Waals surface area contributed by atoms with Gasteiger partial charge in [0, 0.05) is 9.13 Å². The maximum absolute atomic E-state index is 12.1. The minimum Gasteiger partial charge on any atom is -0.489 e. The number of halogens is 1. The fraction of sp³-hybridized carbons (Fsp3) is 0.105. The largest absolute Gasteiger partial charge is 0.489 e. The SMILES string of the molecule is C=CCOc1ccccc1/C=N\NC(=O)CNC(=O)c1ccccc1I. The van der Waals surface area contributed by atoms with Crippen LogP contribution in [0.2, 0.25) is 0 Å². The van der Waals surface area contributed by atoms with Crippen LogP contribution >= 0.6 is 22.6 Å². The molecule has 134 valence electrons. The number of ether oxygens (including phenoxy) is 1. The molecule has 0 saturated carbocycles. The van der Waals surface area contributed by atoms with Crippen LogP contribution in [-0.2, 0) is 4.79 Å². The molecular formula is C19H18IN3O3. The normalized spacial score (nSPS) is 10.3. The number of nitrogens with one attached hydrogen (secondary N) is 2. The van der Waals surface area contributed by atoms with E-state index >= 15 is 0 Å². The van der Waals surface area contributed by atoms with E-state index in [1.807, 2.05) is 30.3 Å². The van der Waals surface area contributed by atoms with Crippen LogP contribution in [0.3, 0.4) is 0 Å². The van der Waals surface area contributed by atoms with E-state index in [0.29, 0.717) is 17.9 Å². The quantitative estimate of drug-likeness (QED) is 0.274. The van der Waals surface area contributed by atoms with Crippen molar-refractivity contribution in [2.75, 3.05) is 13.2 Å². The van der Waals surface area contributed by atoms with E-state index in [1.54, 1.807) is 24.3 Å². The van der Waals surface area contributed by atoms with E-state index in [9.17, 15) is 9.59 Å². The monoisotopic (exact) mass is 463 g/mol. The van der Waals surface area contributed by atoms with Gasteiger partial charge in [0.2, 0.25) is 0 Å². The first-order chi connectivity index (χ1) is 12.6. The van der Waals surface area contributed by atoms with Crippen molar-refractivity contribution in [3.05, 3.63) is 75.9 Å². The van der Waals surface area contributed by atoms with Gasteiger partial charge in [0.1, 0.15) is 12.4 Å². The molecule has 2 rings (SSSR count). The van der Waals surface area contributed by atoms with E-state index in [2.05, 4.69) is 45.0 Å². The zero-order valence-electron chi connectivity index (χ0n) is 13.9. The van der Waals surface area contributed by atoms with Gasteiger partial charge >= 0.3 is 0 Å². The van der Waals surface area contributed by atoms with Gasteiger partial charge in [0.05, 0.1) is 18.3 Å². The number of hydrazone groups is 1. The van der Waals surface area contributed by atoms with Gasteiger partial charge in [-0.3, -0.25) is 9.59 Å². The lowest BCUT2D eigenvalue weighted by molar-refractivity contribution is -0.120. The van der Waals surface area contributed by atoms with Crippen LogP contribution in [0, 0.1) is 3.57 Å². The lowest BCUT2D eigenvalue weighted by atomic mass is 10.2. The number of carbonyl (C=O) groups is 2. The summed E-state index contributed by atoms with van der Waals surface area (Å²) in [5.41, 5.74) is 3.62. The first-order valence-corrected chi connectivity index (χ1v) is 8.87. The smallest absolute Gasteiger partial charge is 0.259 e. The summed E-state index contributed by atoms with van der Waals surface area (Å²) in [5, 5.41) is 6.46. The second kappa shape index (κ2) is 10.3. The maximum atomic E-state index is 12.1. The van der Waals surface area contributed by atoms with Gasteiger partial charge in [-0.2, -0.15) is 5.10 Å². The highest BCUT2D eigenvalue weighted by Crippen LogP contribution is 2.15. The molecule has 2 aromatic carbocycles. The van der Waals surface area contributed by atoms with Crippen molar-refractivity contribution in [2.24, 2.45) is 5.10 Å². The zero-order valence-corrected chi connectivity index (χ0v) is 16.1. The molecule has 6 nitrogen and oxygen atoms in total. The molecule has 0 aliphatic rings. The molecule has 2 N–H and O–H groups in total. The van der Waals surface area contributed by atoms with Crippen molar-refractivity contribution in [1.82, 2.24) is 10.7 Å². The Morgan fingerprint density at radius 3 is 2.65 bits per heavy atom. The van der Waals surface area contributed by atoms with Crippen molar-refractivity contribution < 1.29 is 14.3 Å². The Morgan fingerprint density at radius 1 is 1.15 bits per heavy atom. The number of carbonyl (C=O) groups excluding carboxylic acids is 2. The summed E-state index contributed by atoms with van der Waals surface area (Å²) in [6, 6.07) is 14.4. The molecule has 0 saturated heterocycles. The average Bonchev–Trinajstić information content (AvgIpc) is 2.65. The Morgan fingerprint density at radius 2 is 1.88 bits per heavy atom. The van der Waals surface area contributed by atoms with Gasteiger partial charge in [-0.25, -0.2) is 5.43 Å². The predicted octanol–water partition coefficient (Wildman–Crippen LogP) is 2.74. The zero-order chi connectivity index (χ0) is 18.8. The minimum atomic E-state index is -0.426. The third kappa shape index (κ3) is 5.99. The topological polar surface area (TPSA) is 79.8 Å². The molecule has 0 atom stereocenters. The summed E-state index contributed by atoms with van der Waals surface area (Å²) in [5.74, 6) is -0.0975. The number of hydrogen-bond acceptors (Lipinski definition) is 4. The molecule has 0 aliphatic carbocycles. The third-order valence-corrected chi connectivity index (χ3v) is 4.14. The summed E-state index contributed by atoms with van der Waals surface area (Å²) in [7, 11) is 0. The van der Waals surface area contributed by atoms with Crippen molar-refractivity contribution in [1.29, 1.82) is 0 Å². The van der Waals surface area contributed by atoms with Crippen LogP contribution in [0.15, 0.2) is 66.3 Å². The Balaban J connectivity index is 1.85. The molecular weight excluding hydrogens is 445 g/mol. The van der Waals surface area contributed by atoms with Crippen LogP contribution in [0.4, 0.5) is 0 Å².